The topological polar surface area (TPSA) is 49.0 Å². The van der Waals surface area contributed by atoms with Crippen molar-refractivity contribution in [3.05, 3.63) is 17.2 Å². The van der Waals surface area contributed by atoms with E-state index in [9.17, 15) is 4.79 Å². The first-order valence-electron chi connectivity index (χ1n) is 7.67. The molecule has 2 heterocycles. The smallest absolute Gasteiger partial charge is 0.223 e. The molecule has 104 valence electrons. The third kappa shape index (κ3) is 2.99. The second kappa shape index (κ2) is 5.76. The maximum Gasteiger partial charge on any atom is 0.223 e. The van der Waals surface area contributed by atoms with Crippen LogP contribution >= 0.6 is 0 Å². The Bertz CT molecular complexity index is 423. The van der Waals surface area contributed by atoms with Crippen molar-refractivity contribution in [2.75, 3.05) is 13.1 Å². The van der Waals surface area contributed by atoms with Gasteiger partial charge in [-0.1, -0.05) is 0 Å². The van der Waals surface area contributed by atoms with Crippen LogP contribution in [0.2, 0.25) is 0 Å². The van der Waals surface area contributed by atoms with Crippen molar-refractivity contribution >= 4 is 5.91 Å². The molecule has 1 fully saturated rings. The van der Waals surface area contributed by atoms with E-state index >= 15 is 0 Å². The highest BCUT2D eigenvalue weighted by atomic mass is 16.2. The van der Waals surface area contributed by atoms with Gasteiger partial charge in [-0.05, 0) is 44.9 Å². The molecule has 19 heavy (non-hydrogen) atoms. The van der Waals surface area contributed by atoms with Crippen molar-refractivity contribution in [3.8, 4) is 0 Å². The number of nitrogens with zero attached hydrogens (tertiary/aromatic N) is 2. The number of carbonyl (C=O) groups is 1. The van der Waals surface area contributed by atoms with Crippen molar-refractivity contribution in [2.45, 2.75) is 57.8 Å². The number of hydrogen-bond acceptors (Lipinski definition) is 2. The summed E-state index contributed by atoms with van der Waals surface area (Å²) < 4.78 is 0. The molecular weight excluding hydrogens is 238 g/mol. The van der Waals surface area contributed by atoms with Crippen molar-refractivity contribution in [3.63, 3.8) is 0 Å². The van der Waals surface area contributed by atoms with Crippen LogP contribution in [0.25, 0.3) is 0 Å². The Balaban J connectivity index is 1.53. The maximum atomic E-state index is 12.1. The molecule has 1 aliphatic heterocycles. The van der Waals surface area contributed by atoms with E-state index in [2.05, 4.69) is 9.97 Å². The fourth-order valence-electron chi connectivity index (χ4n) is 3.16. The van der Waals surface area contributed by atoms with Gasteiger partial charge in [0.05, 0.1) is 5.69 Å². The van der Waals surface area contributed by atoms with Gasteiger partial charge in [0.1, 0.15) is 5.82 Å². The highest BCUT2D eigenvalue weighted by Gasteiger charge is 2.18. The molecule has 0 aromatic carbocycles. The van der Waals surface area contributed by atoms with E-state index in [1.807, 2.05) is 4.90 Å². The predicted octanol–water partition coefficient (Wildman–Crippen LogP) is 2.23. The van der Waals surface area contributed by atoms with E-state index in [1.54, 1.807) is 0 Å². The number of likely N-dealkylation sites (tertiary alicyclic amines) is 1. The highest BCUT2D eigenvalue weighted by Crippen LogP contribution is 2.19. The van der Waals surface area contributed by atoms with Gasteiger partial charge in [0.15, 0.2) is 0 Å². The van der Waals surface area contributed by atoms with Crippen LogP contribution < -0.4 is 0 Å². The Kier molecular flexibility index (Phi) is 3.85. The molecule has 3 rings (SSSR count). The van der Waals surface area contributed by atoms with Gasteiger partial charge in [-0.25, -0.2) is 4.98 Å². The lowest BCUT2D eigenvalue weighted by molar-refractivity contribution is -0.132. The summed E-state index contributed by atoms with van der Waals surface area (Å²) in [4.78, 5) is 22.2. The first-order chi connectivity index (χ1) is 9.33. The number of fused-ring (bicyclic) bond motifs is 1. The third-order valence-electron chi connectivity index (χ3n) is 4.29. The minimum Gasteiger partial charge on any atom is -0.346 e. The first kappa shape index (κ1) is 12.7. The minimum atomic E-state index is 0.300. The van der Waals surface area contributed by atoms with Gasteiger partial charge < -0.3 is 9.88 Å². The monoisotopic (exact) mass is 261 g/mol. The lowest BCUT2D eigenvalue weighted by atomic mass is 10.0. The Hall–Kier alpha value is -1.32. The molecule has 0 unspecified atom stereocenters. The molecule has 0 saturated carbocycles. The summed E-state index contributed by atoms with van der Waals surface area (Å²) in [6.07, 6.45) is 9.73. The van der Waals surface area contributed by atoms with Crippen LogP contribution in [0.3, 0.4) is 0 Å². The number of aryl methyl sites for hydroxylation is 3. The van der Waals surface area contributed by atoms with E-state index in [-0.39, 0.29) is 0 Å². The van der Waals surface area contributed by atoms with E-state index in [0.29, 0.717) is 12.3 Å². The summed E-state index contributed by atoms with van der Waals surface area (Å²) in [6.45, 7) is 1.90. The van der Waals surface area contributed by atoms with Gasteiger partial charge in [0, 0.05) is 31.6 Å². The van der Waals surface area contributed by atoms with Gasteiger partial charge in [0.2, 0.25) is 5.91 Å². The zero-order valence-corrected chi connectivity index (χ0v) is 11.6. The lowest BCUT2D eigenvalue weighted by Crippen LogP contribution is -2.35. The Morgan fingerprint density at radius 3 is 2.68 bits per heavy atom. The average molecular weight is 261 g/mol. The van der Waals surface area contributed by atoms with Gasteiger partial charge >= 0.3 is 0 Å². The summed E-state index contributed by atoms with van der Waals surface area (Å²) in [5.41, 5.74) is 2.55. The molecule has 2 aliphatic rings. The molecule has 1 amide bonds. The Morgan fingerprint density at radius 2 is 1.89 bits per heavy atom. The molecule has 0 spiro atoms. The number of imidazole rings is 1. The largest absolute Gasteiger partial charge is 0.346 e. The summed E-state index contributed by atoms with van der Waals surface area (Å²) in [6, 6.07) is 0. The maximum absolute atomic E-state index is 12.1. The fraction of sp³-hybridized carbons (Fsp3) is 0.733. The average Bonchev–Trinajstić information content (AvgIpc) is 2.88. The normalized spacial score (nSPS) is 19.3. The number of aromatic amines is 1. The molecule has 1 saturated heterocycles. The van der Waals surface area contributed by atoms with Gasteiger partial charge in [-0.2, -0.15) is 0 Å². The summed E-state index contributed by atoms with van der Waals surface area (Å²) >= 11 is 0. The quantitative estimate of drug-likeness (QED) is 0.907. The molecule has 1 aliphatic carbocycles. The van der Waals surface area contributed by atoms with E-state index < -0.39 is 0 Å². The zero-order valence-electron chi connectivity index (χ0n) is 11.6. The van der Waals surface area contributed by atoms with E-state index in [1.165, 1.54) is 43.5 Å². The van der Waals surface area contributed by atoms with Crippen molar-refractivity contribution in [1.82, 2.24) is 14.9 Å². The van der Waals surface area contributed by atoms with Crippen LogP contribution in [-0.2, 0) is 24.1 Å². The van der Waals surface area contributed by atoms with Crippen LogP contribution in [0, 0.1) is 0 Å². The number of carbonyl (C=O) groups excluding carboxylic acids is 1. The van der Waals surface area contributed by atoms with Crippen LogP contribution in [0.1, 0.15) is 55.7 Å². The number of rotatable bonds is 3. The molecule has 1 aromatic rings. The highest BCUT2D eigenvalue weighted by molar-refractivity contribution is 5.76. The molecule has 0 bridgehead atoms. The minimum absolute atomic E-state index is 0.300. The number of H-pyrrole nitrogens is 1. The Morgan fingerprint density at radius 1 is 1.11 bits per heavy atom. The zero-order chi connectivity index (χ0) is 13.1. The molecular formula is C15H23N3O. The van der Waals surface area contributed by atoms with Crippen LogP contribution in [0.5, 0.6) is 0 Å². The Labute approximate surface area is 114 Å². The van der Waals surface area contributed by atoms with Crippen LogP contribution in [0.15, 0.2) is 0 Å². The van der Waals surface area contributed by atoms with Gasteiger partial charge in [0.25, 0.3) is 0 Å². The predicted molar refractivity (Wildman–Crippen MR) is 74.0 cm³/mol. The summed E-state index contributed by atoms with van der Waals surface area (Å²) in [7, 11) is 0. The molecule has 0 atom stereocenters. The molecule has 4 nitrogen and oxygen atoms in total. The van der Waals surface area contributed by atoms with Gasteiger partial charge in [-0.3, -0.25) is 4.79 Å². The standard InChI is InChI=1S/C15H23N3O/c19-15(18-10-4-1-5-11-18)9-8-14-16-12-6-2-3-7-13(12)17-14/h1-11H2,(H,16,17). The molecule has 4 heteroatoms. The first-order valence-corrected chi connectivity index (χ1v) is 7.67. The molecule has 0 radical (unpaired) electrons. The van der Waals surface area contributed by atoms with Crippen LogP contribution in [0.4, 0.5) is 0 Å². The van der Waals surface area contributed by atoms with Crippen LogP contribution in [-0.4, -0.2) is 33.9 Å². The number of aromatic nitrogens is 2. The third-order valence-corrected chi connectivity index (χ3v) is 4.29. The van der Waals surface area contributed by atoms with Crippen molar-refractivity contribution in [2.24, 2.45) is 0 Å². The lowest BCUT2D eigenvalue weighted by Gasteiger charge is -2.26. The van der Waals surface area contributed by atoms with E-state index in [4.69, 9.17) is 0 Å². The molecule has 1 aromatic heterocycles. The number of nitrogens with one attached hydrogen (secondary N) is 1. The number of hydrogen-bond donors (Lipinski definition) is 1. The van der Waals surface area contributed by atoms with E-state index in [0.717, 1.165) is 38.2 Å². The number of piperidine rings is 1. The van der Waals surface area contributed by atoms with Gasteiger partial charge in [-0.15, -0.1) is 0 Å². The second-order valence-corrected chi connectivity index (χ2v) is 5.76. The number of amides is 1. The second-order valence-electron chi connectivity index (χ2n) is 5.76. The summed E-state index contributed by atoms with van der Waals surface area (Å²) in [5, 5.41) is 0. The SMILES string of the molecule is O=C(CCc1nc2c([nH]1)CCCC2)N1CCCCC1. The summed E-state index contributed by atoms with van der Waals surface area (Å²) in [5.74, 6) is 1.31. The molecule has 1 N–H and O–H groups in total. The fourth-order valence-corrected chi connectivity index (χ4v) is 3.16. The van der Waals surface area contributed by atoms with Crippen molar-refractivity contribution < 1.29 is 4.79 Å². The van der Waals surface area contributed by atoms with Crippen molar-refractivity contribution in [1.29, 1.82) is 0 Å².